The van der Waals surface area contributed by atoms with Gasteiger partial charge in [0.15, 0.2) is 0 Å². The normalized spacial score (nSPS) is 12.9. The van der Waals surface area contributed by atoms with Crippen molar-refractivity contribution in [2.24, 2.45) is 0 Å². The molecule has 0 atom stereocenters. The molecule has 0 amide bonds. The summed E-state index contributed by atoms with van der Waals surface area (Å²) in [6, 6.07) is 61.2. The highest BCUT2D eigenvalue weighted by molar-refractivity contribution is 6.09. The average Bonchev–Trinajstić information content (AvgIpc) is 3.53. The van der Waals surface area contributed by atoms with E-state index < -0.39 is 0 Å². The molecule has 8 aromatic rings. The first-order valence-electron chi connectivity index (χ1n) is 17.4. The van der Waals surface area contributed by atoms with Crippen LogP contribution in [0, 0.1) is 22.7 Å². The molecule has 0 saturated heterocycles. The molecule has 5 nitrogen and oxygen atoms in total. The summed E-state index contributed by atoms with van der Waals surface area (Å²) in [6.07, 6.45) is 0. The first kappa shape index (κ1) is 30.9. The van der Waals surface area contributed by atoms with Crippen molar-refractivity contribution >= 4 is 55.9 Å². The Kier molecular flexibility index (Phi) is 7.17. The number of fused-ring (bicyclic) bond motifs is 5. The molecule has 246 valence electrons. The van der Waals surface area contributed by atoms with Gasteiger partial charge < -0.3 is 14.4 Å². The number of anilines is 6. The summed E-state index contributed by atoms with van der Waals surface area (Å²) < 4.78 is 2.36. The zero-order valence-corrected chi connectivity index (χ0v) is 28.8. The molecule has 0 unspecified atom stereocenters. The summed E-state index contributed by atoms with van der Waals surface area (Å²) in [5.74, 6) is 0. The highest BCUT2D eigenvalue weighted by Gasteiger charge is 2.37. The summed E-state index contributed by atoms with van der Waals surface area (Å²) in [5.41, 5.74) is 12.8. The predicted octanol–water partition coefficient (Wildman–Crippen LogP) is 12.1. The molecule has 9 rings (SSSR count). The molecule has 0 radical (unpaired) electrons. The van der Waals surface area contributed by atoms with Crippen molar-refractivity contribution in [1.82, 2.24) is 4.57 Å². The number of hydrogen-bond donors (Lipinski definition) is 0. The Labute approximate surface area is 303 Å². The first-order chi connectivity index (χ1) is 25.5. The Morgan fingerprint density at radius 1 is 0.481 bits per heavy atom. The van der Waals surface area contributed by atoms with Crippen LogP contribution in [0.4, 0.5) is 34.1 Å². The van der Waals surface area contributed by atoms with Crippen LogP contribution >= 0.6 is 0 Å². The van der Waals surface area contributed by atoms with E-state index in [0.717, 1.165) is 50.8 Å². The fourth-order valence-electron chi connectivity index (χ4n) is 7.93. The molecular weight excluding hydrogens is 635 g/mol. The summed E-state index contributed by atoms with van der Waals surface area (Å²) >= 11 is 0. The highest BCUT2D eigenvalue weighted by atomic mass is 15.2. The second-order valence-electron chi connectivity index (χ2n) is 13.7. The second-order valence-corrected chi connectivity index (χ2v) is 13.7. The Bertz CT molecular complexity index is 2580. The van der Waals surface area contributed by atoms with Crippen LogP contribution in [0.3, 0.4) is 0 Å². The first-order valence-corrected chi connectivity index (χ1v) is 17.4. The van der Waals surface area contributed by atoms with Gasteiger partial charge in [0.2, 0.25) is 0 Å². The van der Waals surface area contributed by atoms with Crippen LogP contribution in [0.1, 0.15) is 36.1 Å². The molecule has 0 spiro atoms. The number of para-hydroxylation sites is 4. The minimum Gasteiger partial charge on any atom is -0.310 e. The quantitative estimate of drug-likeness (QED) is 0.183. The van der Waals surface area contributed by atoms with Crippen molar-refractivity contribution in [2.75, 3.05) is 9.80 Å². The maximum atomic E-state index is 9.65. The predicted molar refractivity (Wildman–Crippen MR) is 212 cm³/mol. The maximum absolute atomic E-state index is 9.65. The molecule has 1 aliphatic rings. The van der Waals surface area contributed by atoms with E-state index in [0.29, 0.717) is 11.1 Å². The van der Waals surface area contributed by atoms with Crippen molar-refractivity contribution < 1.29 is 0 Å². The van der Waals surface area contributed by atoms with Gasteiger partial charge >= 0.3 is 0 Å². The van der Waals surface area contributed by atoms with E-state index in [4.69, 9.17) is 0 Å². The largest absolute Gasteiger partial charge is 0.310 e. The minimum atomic E-state index is -0.200. The van der Waals surface area contributed by atoms with Crippen molar-refractivity contribution in [3.8, 4) is 17.8 Å². The Hall–Kier alpha value is -7.08. The average molecular weight is 668 g/mol. The molecule has 0 aliphatic carbocycles. The van der Waals surface area contributed by atoms with Gasteiger partial charge in [-0.25, -0.2) is 0 Å². The van der Waals surface area contributed by atoms with Gasteiger partial charge in [-0.2, -0.15) is 10.5 Å². The highest BCUT2D eigenvalue weighted by Crippen LogP contribution is 2.53. The van der Waals surface area contributed by atoms with E-state index in [-0.39, 0.29) is 5.41 Å². The molecule has 1 aliphatic heterocycles. The number of hydrogen-bond acceptors (Lipinski definition) is 4. The summed E-state index contributed by atoms with van der Waals surface area (Å²) in [6.45, 7) is 4.61. The molecule has 0 fully saturated rings. The smallest absolute Gasteiger partial charge is 0.0991 e. The number of nitrogens with zero attached hydrogens (tertiary/aromatic N) is 5. The Morgan fingerprint density at radius 2 is 0.923 bits per heavy atom. The summed E-state index contributed by atoms with van der Waals surface area (Å²) in [7, 11) is 0. The lowest BCUT2D eigenvalue weighted by atomic mass is 9.73. The molecular formula is C47H33N5. The summed E-state index contributed by atoms with van der Waals surface area (Å²) in [5, 5.41) is 21.7. The molecule has 2 heterocycles. The minimum absolute atomic E-state index is 0.200. The van der Waals surface area contributed by atoms with E-state index in [9.17, 15) is 10.5 Å². The fraction of sp³-hybridized carbons (Fsp3) is 0.0638. The van der Waals surface area contributed by atoms with Crippen molar-refractivity contribution in [1.29, 1.82) is 10.5 Å². The standard InChI is InChI=1S/C47H33N5/c1-47(2)41-13-5-9-17-45(41)52(46-18-10-6-14-42(46)47)38-28-36(50(34-23-19-32(30-48)20-24-34)35-25-21-33(31-49)22-26-35)27-37(29-38)51-43-15-7-3-11-39(43)40-12-4-8-16-44(40)51/h3-29H,1-2H3. The lowest BCUT2D eigenvalue weighted by molar-refractivity contribution is 0.632. The molecule has 5 heteroatoms. The van der Waals surface area contributed by atoms with Crippen LogP contribution in [-0.4, -0.2) is 4.57 Å². The van der Waals surface area contributed by atoms with Gasteiger partial charge in [0.25, 0.3) is 0 Å². The van der Waals surface area contributed by atoms with E-state index in [1.54, 1.807) is 0 Å². The van der Waals surface area contributed by atoms with Crippen LogP contribution in [0.15, 0.2) is 164 Å². The number of benzene rings is 7. The fourth-order valence-corrected chi connectivity index (χ4v) is 7.93. The van der Waals surface area contributed by atoms with Gasteiger partial charge in [0.05, 0.1) is 62.7 Å². The van der Waals surface area contributed by atoms with Crippen LogP contribution in [0.2, 0.25) is 0 Å². The summed E-state index contributed by atoms with van der Waals surface area (Å²) in [4.78, 5) is 4.60. The van der Waals surface area contributed by atoms with Gasteiger partial charge in [0.1, 0.15) is 0 Å². The monoisotopic (exact) mass is 667 g/mol. The van der Waals surface area contributed by atoms with Crippen LogP contribution in [0.25, 0.3) is 27.5 Å². The Morgan fingerprint density at radius 3 is 1.42 bits per heavy atom. The zero-order valence-electron chi connectivity index (χ0n) is 28.8. The van der Waals surface area contributed by atoms with E-state index in [2.05, 4.69) is 156 Å². The number of nitriles is 2. The zero-order chi connectivity index (χ0) is 35.4. The Balaban J connectivity index is 1.38. The number of rotatable bonds is 5. The van der Waals surface area contributed by atoms with Gasteiger partial charge in [-0.05, 0) is 102 Å². The van der Waals surface area contributed by atoms with E-state index in [1.165, 1.54) is 21.9 Å². The number of aromatic nitrogens is 1. The lowest BCUT2D eigenvalue weighted by Gasteiger charge is -2.42. The van der Waals surface area contributed by atoms with Gasteiger partial charge in [0, 0.05) is 27.6 Å². The molecule has 0 N–H and O–H groups in total. The molecule has 0 bridgehead atoms. The molecule has 1 aromatic heterocycles. The SMILES string of the molecule is CC1(C)c2ccccc2N(c2cc(N(c3ccc(C#N)cc3)c3ccc(C#N)cc3)cc(-n3c4ccccc4c4ccccc43)c2)c2ccccc21. The van der Waals surface area contributed by atoms with Crippen molar-refractivity contribution in [2.45, 2.75) is 19.3 Å². The van der Waals surface area contributed by atoms with Crippen LogP contribution < -0.4 is 9.80 Å². The molecule has 0 saturated carbocycles. The van der Waals surface area contributed by atoms with Gasteiger partial charge in [-0.15, -0.1) is 0 Å². The van der Waals surface area contributed by atoms with Crippen molar-refractivity contribution in [3.05, 3.63) is 186 Å². The maximum Gasteiger partial charge on any atom is 0.0991 e. The third kappa shape index (κ3) is 4.83. The van der Waals surface area contributed by atoms with Crippen LogP contribution in [0.5, 0.6) is 0 Å². The third-order valence-corrected chi connectivity index (χ3v) is 10.4. The van der Waals surface area contributed by atoms with Gasteiger partial charge in [-0.3, -0.25) is 0 Å². The lowest BCUT2D eigenvalue weighted by Crippen LogP contribution is -2.30. The van der Waals surface area contributed by atoms with Gasteiger partial charge in [-0.1, -0.05) is 86.6 Å². The molecule has 52 heavy (non-hydrogen) atoms. The molecule has 7 aromatic carbocycles. The third-order valence-electron chi connectivity index (χ3n) is 10.4. The second kappa shape index (κ2) is 12.1. The van der Waals surface area contributed by atoms with E-state index >= 15 is 0 Å². The topological polar surface area (TPSA) is 59.0 Å². The van der Waals surface area contributed by atoms with Crippen LogP contribution in [-0.2, 0) is 5.41 Å². The van der Waals surface area contributed by atoms with E-state index in [1.807, 2.05) is 48.5 Å². The van der Waals surface area contributed by atoms with Crippen molar-refractivity contribution in [3.63, 3.8) is 0 Å².